The summed E-state index contributed by atoms with van der Waals surface area (Å²) < 4.78 is 0. The second-order valence-corrected chi connectivity index (χ2v) is 4.80. The molecule has 2 nitrogen and oxygen atoms in total. The molecule has 0 fully saturated rings. The van der Waals surface area contributed by atoms with Gasteiger partial charge in [0.05, 0.1) is 0 Å². The fourth-order valence-electron chi connectivity index (χ4n) is 1.99. The van der Waals surface area contributed by atoms with E-state index in [1.807, 2.05) is 6.07 Å². The molecule has 0 aliphatic rings. The van der Waals surface area contributed by atoms with E-state index < -0.39 is 0 Å². The molecule has 0 aromatic heterocycles. The molecule has 0 radical (unpaired) electrons. The molecule has 0 saturated carbocycles. The number of anilines is 2. The van der Waals surface area contributed by atoms with Crippen molar-refractivity contribution in [2.24, 2.45) is 0 Å². The molecule has 0 saturated heterocycles. The van der Waals surface area contributed by atoms with Crippen LogP contribution in [0.5, 0.6) is 0 Å². The molecular weight excluding hydrogens is 220 g/mol. The molecule has 2 aromatic rings. The molecule has 94 valence electrons. The third-order valence-electron chi connectivity index (χ3n) is 2.97. The highest BCUT2D eigenvalue weighted by Crippen LogP contribution is 2.23. The number of benzene rings is 2. The fraction of sp³-hybridized carbons (Fsp3) is 0.250. The van der Waals surface area contributed by atoms with Gasteiger partial charge >= 0.3 is 0 Å². The van der Waals surface area contributed by atoms with E-state index in [4.69, 9.17) is 0 Å². The number of para-hydroxylation sites is 1. The summed E-state index contributed by atoms with van der Waals surface area (Å²) in [6.07, 6.45) is 0. The maximum absolute atomic E-state index is 2.19. The van der Waals surface area contributed by atoms with Crippen molar-refractivity contribution < 1.29 is 0 Å². The zero-order chi connectivity index (χ0) is 13.0. The molecule has 0 aliphatic heterocycles. The highest BCUT2D eigenvalue weighted by molar-refractivity contribution is 5.62. The van der Waals surface area contributed by atoms with E-state index in [0.717, 1.165) is 6.54 Å². The largest absolute Gasteiger partial charge is 0.345 e. The van der Waals surface area contributed by atoms with Crippen molar-refractivity contribution in [3.63, 3.8) is 0 Å². The van der Waals surface area contributed by atoms with E-state index in [1.54, 1.807) is 0 Å². The quantitative estimate of drug-likeness (QED) is 0.807. The third-order valence-corrected chi connectivity index (χ3v) is 2.97. The molecule has 18 heavy (non-hydrogen) atoms. The van der Waals surface area contributed by atoms with Gasteiger partial charge in [-0.2, -0.15) is 0 Å². The maximum atomic E-state index is 2.19. The van der Waals surface area contributed by atoms with Crippen molar-refractivity contribution in [3.05, 3.63) is 60.2 Å². The minimum Gasteiger partial charge on any atom is -0.345 e. The summed E-state index contributed by atoms with van der Waals surface area (Å²) in [6.45, 7) is 0.981. The Labute approximate surface area is 109 Å². The predicted molar refractivity (Wildman–Crippen MR) is 78.3 cm³/mol. The van der Waals surface area contributed by atoms with E-state index in [9.17, 15) is 0 Å². The van der Waals surface area contributed by atoms with E-state index >= 15 is 0 Å². The molecule has 2 aromatic carbocycles. The summed E-state index contributed by atoms with van der Waals surface area (Å²) in [6, 6.07) is 19.1. The molecule has 0 aliphatic carbocycles. The van der Waals surface area contributed by atoms with Crippen LogP contribution in [0.25, 0.3) is 0 Å². The third kappa shape index (κ3) is 3.11. The minimum absolute atomic E-state index is 0.981. The van der Waals surface area contributed by atoms with Crippen LogP contribution in [0, 0.1) is 0 Å². The van der Waals surface area contributed by atoms with Gasteiger partial charge in [0, 0.05) is 25.0 Å². The van der Waals surface area contributed by atoms with Crippen LogP contribution in [0.15, 0.2) is 54.6 Å². The van der Waals surface area contributed by atoms with Crippen molar-refractivity contribution in [2.75, 3.05) is 26.0 Å². The predicted octanol–water partition coefficient (Wildman–Crippen LogP) is 3.52. The number of hydrogen-bond acceptors (Lipinski definition) is 2. The Morgan fingerprint density at radius 3 is 1.83 bits per heavy atom. The van der Waals surface area contributed by atoms with Crippen LogP contribution in [0.1, 0.15) is 5.56 Å². The van der Waals surface area contributed by atoms with Crippen LogP contribution in [0.2, 0.25) is 0 Å². The summed E-state index contributed by atoms with van der Waals surface area (Å²) >= 11 is 0. The second-order valence-electron chi connectivity index (χ2n) is 4.80. The number of hydrogen-bond donors (Lipinski definition) is 0. The molecule has 2 rings (SSSR count). The van der Waals surface area contributed by atoms with Gasteiger partial charge in [0.15, 0.2) is 0 Å². The fourth-order valence-corrected chi connectivity index (χ4v) is 1.99. The Morgan fingerprint density at radius 2 is 1.28 bits per heavy atom. The van der Waals surface area contributed by atoms with Gasteiger partial charge in [-0.1, -0.05) is 30.3 Å². The molecule has 0 amide bonds. The number of rotatable bonds is 4. The lowest BCUT2D eigenvalue weighted by Crippen LogP contribution is -2.11. The van der Waals surface area contributed by atoms with Gasteiger partial charge < -0.3 is 9.80 Å². The minimum atomic E-state index is 0.981. The lowest BCUT2D eigenvalue weighted by Gasteiger charge is -2.20. The van der Waals surface area contributed by atoms with Gasteiger partial charge in [-0.05, 0) is 43.9 Å². The van der Waals surface area contributed by atoms with E-state index in [2.05, 4.69) is 79.5 Å². The van der Waals surface area contributed by atoms with Crippen LogP contribution in [-0.2, 0) is 6.54 Å². The highest BCUT2D eigenvalue weighted by Gasteiger charge is 2.03. The maximum Gasteiger partial charge on any atom is 0.0408 e. The lowest BCUT2D eigenvalue weighted by atomic mass is 10.2. The summed E-state index contributed by atoms with van der Waals surface area (Å²) in [5.74, 6) is 0. The van der Waals surface area contributed by atoms with Gasteiger partial charge in [0.25, 0.3) is 0 Å². The molecule has 0 N–H and O–H groups in total. The zero-order valence-corrected chi connectivity index (χ0v) is 11.3. The average Bonchev–Trinajstić information content (AvgIpc) is 2.39. The summed E-state index contributed by atoms with van der Waals surface area (Å²) in [5, 5.41) is 0. The molecule has 0 atom stereocenters. The monoisotopic (exact) mass is 240 g/mol. The first-order chi connectivity index (χ1) is 8.66. The van der Waals surface area contributed by atoms with Crippen LogP contribution < -0.4 is 4.90 Å². The molecule has 2 heteroatoms. The van der Waals surface area contributed by atoms with Gasteiger partial charge in [-0.3, -0.25) is 0 Å². The standard InChI is InChI=1S/C16H20N2/c1-17(2)13-14-9-11-16(12-10-14)18(3)15-7-5-4-6-8-15/h4-12H,13H2,1-3H3. The summed E-state index contributed by atoms with van der Waals surface area (Å²) in [7, 11) is 6.27. The van der Waals surface area contributed by atoms with Crippen molar-refractivity contribution in [1.29, 1.82) is 0 Å². The molecule has 0 spiro atoms. The van der Waals surface area contributed by atoms with Crippen molar-refractivity contribution in [3.8, 4) is 0 Å². The van der Waals surface area contributed by atoms with Crippen LogP contribution in [-0.4, -0.2) is 26.0 Å². The Kier molecular flexibility index (Phi) is 4.00. The first-order valence-corrected chi connectivity index (χ1v) is 6.19. The van der Waals surface area contributed by atoms with E-state index in [0.29, 0.717) is 0 Å². The van der Waals surface area contributed by atoms with Crippen molar-refractivity contribution >= 4 is 11.4 Å². The molecule has 0 bridgehead atoms. The normalized spacial score (nSPS) is 10.7. The first kappa shape index (κ1) is 12.7. The Morgan fingerprint density at radius 1 is 0.722 bits per heavy atom. The van der Waals surface area contributed by atoms with Crippen LogP contribution in [0.3, 0.4) is 0 Å². The van der Waals surface area contributed by atoms with Gasteiger partial charge in [0.1, 0.15) is 0 Å². The van der Waals surface area contributed by atoms with Crippen molar-refractivity contribution in [2.45, 2.75) is 6.54 Å². The topological polar surface area (TPSA) is 6.48 Å². The van der Waals surface area contributed by atoms with E-state index in [1.165, 1.54) is 16.9 Å². The van der Waals surface area contributed by atoms with Crippen molar-refractivity contribution in [1.82, 2.24) is 4.90 Å². The molecule has 0 unspecified atom stereocenters. The van der Waals surface area contributed by atoms with Crippen LogP contribution in [0.4, 0.5) is 11.4 Å². The second kappa shape index (κ2) is 5.69. The zero-order valence-electron chi connectivity index (χ0n) is 11.3. The molecule has 0 heterocycles. The number of nitrogens with zero attached hydrogens (tertiary/aromatic N) is 2. The Balaban J connectivity index is 2.14. The highest BCUT2D eigenvalue weighted by atomic mass is 15.1. The average molecular weight is 240 g/mol. The Hall–Kier alpha value is -1.80. The SMILES string of the molecule is CN(C)Cc1ccc(N(C)c2ccccc2)cc1. The van der Waals surface area contributed by atoms with Gasteiger partial charge in [-0.25, -0.2) is 0 Å². The summed E-state index contributed by atoms with van der Waals surface area (Å²) in [4.78, 5) is 4.37. The van der Waals surface area contributed by atoms with Crippen LogP contribution >= 0.6 is 0 Å². The Bertz CT molecular complexity index is 474. The summed E-state index contributed by atoms with van der Waals surface area (Å²) in [5.41, 5.74) is 3.76. The smallest absolute Gasteiger partial charge is 0.0408 e. The van der Waals surface area contributed by atoms with Gasteiger partial charge in [0.2, 0.25) is 0 Å². The van der Waals surface area contributed by atoms with Gasteiger partial charge in [-0.15, -0.1) is 0 Å². The first-order valence-electron chi connectivity index (χ1n) is 6.19. The molecular formula is C16H20N2. The lowest BCUT2D eigenvalue weighted by molar-refractivity contribution is 0.402. The van der Waals surface area contributed by atoms with E-state index in [-0.39, 0.29) is 0 Å².